The van der Waals surface area contributed by atoms with Crippen molar-refractivity contribution in [2.45, 2.75) is 0 Å². The summed E-state index contributed by atoms with van der Waals surface area (Å²) >= 11 is 11.9. The summed E-state index contributed by atoms with van der Waals surface area (Å²) in [5, 5.41) is 5.52. The van der Waals surface area contributed by atoms with Crippen molar-refractivity contribution in [2.24, 2.45) is 5.10 Å². The van der Waals surface area contributed by atoms with Crippen LogP contribution in [0.1, 0.15) is 5.56 Å². The first-order chi connectivity index (χ1) is 13.0. The Morgan fingerprint density at radius 1 is 1.07 bits per heavy atom. The van der Waals surface area contributed by atoms with Gasteiger partial charge in [0.15, 0.2) is 0 Å². The molecular formula is C18H12Cl2N4O3. The third-order valence-corrected chi connectivity index (χ3v) is 4.67. The van der Waals surface area contributed by atoms with Gasteiger partial charge in [-0.05, 0) is 24.3 Å². The number of hydrogen-bond donors (Lipinski definition) is 2. The Kier molecular flexibility index (Phi) is 4.25. The normalized spacial score (nSPS) is 11.7. The molecule has 7 nitrogen and oxygen atoms in total. The maximum absolute atomic E-state index is 12.7. The topological polar surface area (TPSA) is 92.2 Å². The van der Waals surface area contributed by atoms with E-state index in [1.807, 2.05) is 0 Å². The molecule has 0 radical (unpaired) electrons. The number of nitrogens with zero attached hydrogens (tertiary/aromatic N) is 2. The average Bonchev–Trinajstić information content (AvgIpc) is 3.01. The number of ether oxygens (including phenoxy) is 1. The van der Waals surface area contributed by atoms with Crippen LogP contribution in [0.25, 0.3) is 21.9 Å². The lowest BCUT2D eigenvalue weighted by atomic mass is 10.2. The number of halogens is 2. The van der Waals surface area contributed by atoms with E-state index in [1.54, 1.807) is 43.5 Å². The monoisotopic (exact) mass is 402 g/mol. The largest absolute Gasteiger partial charge is 0.497 e. The minimum atomic E-state index is -0.662. The van der Waals surface area contributed by atoms with Crippen LogP contribution >= 0.6 is 23.2 Å². The van der Waals surface area contributed by atoms with Crippen molar-refractivity contribution in [1.82, 2.24) is 14.6 Å². The van der Waals surface area contributed by atoms with Gasteiger partial charge < -0.3 is 14.7 Å². The Morgan fingerprint density at radius 3 is 2.63 bits per heavy atom. The molecule has 2 aromatic heterocycles. The van der Waals surface area contributed by atoms with Gasteiger partial charge in [-0.25, -0.2) is 4.79 Å². The molecule has 2 aromatic carbocycles. The smallest absolute Gasteiger partial charge is 0.350 e. The number of rotatable bonds is 3. The van der Waals surface area contributed by atoms with E-state index in [0.29, 0.717) is 37.8 Å². The second-order valence-electron chi connectivity index (χ2n) is 5.74. The van der Waals surface area contributed by atoms with Crippen molar-refractivity contribution in [3.05, 3.63) is 72.8 Å². The standard InChI is InChI=1S/C18H12Cl2N4O3/c1-27-11-4-5-12-14(7-11)22-16-15(12)23-18(26)24(17(16)25)21-8-9-2-3-10(19)6-13(9)20/h2-8,22H,1H3,(H,23,26)/b21-8+. The summed E-state index contributed by atoms with van der Waals surface area (Å²) in [7, 11) is 1.55. The number of hydrogen-bond acceptors (Lipinski definition) is 4. The summed E-state index contributed by atoms with van der Waals surface area (Å²) in [5.74, 6) is 0.632. The maximum Gasteiger partial charge on any atom is 0.350 e. The van der Waals surface area contributed by atoms with Crippen molar-refractivity contribution in [2.75, 3.05) is 7.11 Å². The van der Waals surface area contributed by atoms with Gasteiger partial charge >= 0.3 is 11.2 Å². The molecule has 2 heterocycles. The molecule has 4 rings (SSSR count). The number of benzene rings is 2. The Balaban J connectivity index is 1.89. The van der Waals surface area contributed by atoms with Crippen LogP contribution in [0.3, 0.4) is 0 Å². The predicted octanol–water partition coefficient (Wildman–Crippen LogP) is 3.37. The minimum absolute atomic E-state index is 0.234. The quantitative estimate of drug-likeness (QED) is 0.514. The third-order valence-electron chi connectivity index (χ3n) is 4.11. The van der Waals surface area contributed by atoms with Crippen LogP contribution in [0.5, 0.6) is 5.75 Å². The highest BCUT2D eigenvalue weighted by atomic mass is 35.5. The van der Waals surface area contributed by atoms with Gasteiger partial charge in [-0.1, -0.05) is 29.3 Å². The molecule has 0 bridgehead atoms. The van der Waals surface area contributed by atoms with E-state index in [4.69, 9.17) is 27.9 Å². The van der Waals surface area contributed by atoms with Gasteiger partial charge in [-0.3, -0.25) is 4.79 Å². The molecule has 27 heavy (non-hydrogen) atoms. The van der Waals surface area contributed by atoms with Crippen molar-refractivity contribution in [3.63, 3.8) is 0 Å². The zero-order chi connectivity index (χ0) is 19.1. The van der Waals surface area contributed by atoms with Crippen LogP contribution < -0.4 is 16.0 Å². The van der Waals surface area contributed by atoms with Gasteiger partial charge in [-0.15, -0.1) is 4.68 Å². The van der Waals surface area contributed by atoms with E-state index < -0.39 is 11.2 Å². The predicted molar refractivity (Wildman–Crippen MR) is 107 cm³/mol. The molecule has 0 saturated heterocycles. The fourth-order valence-corrected chi connectivity index (χ4v) is 3.24. The second-order valence-corrected chi connectivity index (χ2v) is 6.59. The summed E-state index contributed by atoms with van der Waals surface area (Å²) in [5.41, 5.74) is 0.597. The van der Waals surface area contributed by atoms with Gasteiger partial charge in [0.25, 0.3) is 0 Å². The van der Waals surface area contributed by atoms with E-state index >= 15 is 0 Å². The summed E-state index contributed by atoms with van der Waals surface area (Å²) in [6.45, 7) is 0. The Morgan fingerprint density at radius 2 is 1.89 bits per heavy atom. The van der Waals surface area contributed by atoms with Gasteiger partial charge in [0.2, 0.25) is 0 Å². The van der Waals surface area contributed by atoms with Crippen LogP contribution in [0.2, 0.25) is 10.0 Å². The zero-order valence-electron chi connectivity index (χ0n) is 13.9. The SMILES string of the molecule is COc1ccc2c(c1)[nH]c1c(=O)n(/N=C/c3ccc(Cl)cc3Cl)c(=O)[nH]c12. The van der Waals surface area contributed by atoms with E-state index in [0.717, 1.165) is 4.68 Å². The van der Waals surface area contributed by atoms with Crippen LogP contribution in [-0.2, 0) is 0 Å². The molecule has 0 atom stereocenters. The summed E-state index contributed by atoms with van der Waals surface area (Å²) < 4.78 is 5.92. The highest BCUT2D eigenvalue weighted by molar-refractivity contribution is 6.36. The lowest BCUT2D eigenvalue weighted by Crippen LogP contribution is -2.32. The number of methoxy groups -OCH3 is 1. The number of aromatic amines is 2. The highest BCUT2D eigenvalue weighted by Crippen LogP contribution is 2.25. The molecule has 0 saturated carbocycles. The summed E-state index contributed by atoms with van der Waals surface area (Å²) in [6.07, 6.45) is 1.33. The molecule has 9 heteroatoms. The number of nitrogens with one attached hydrogen (secondary N) is 2. The molecule has 2 N–H and O–H groups in total. The molecule has 0 fully saturated rings. The Labute approximate surface area is 161 Å². The van der Waals surface area contributed by atoms with Gasteiger partial charge in [-0.2, -0.15) is 5.10 Å². The first-order valence-electron chi connectivity index (χ1n) is 7.82. The van der Waals surface area contributed by atoms with Crippen LogP contribution in [0, 0.1) is 0 Å². The summed E-state index contributed by atoms with van der Waals surface area (Å²) in [4.78, 5) is 30.8. The lowest BCUT2D eigenvalue weighted by molar-refractivity contribution is 0.415. The highest BCUT2D eigenvalue weighted by Gasteiger charge is 2.13. The van der Waals surface area contributed by atoms with Crippen molar-refractivity contribution in [3.8, 4) is 5.75 Å². The first-order valence-corrected chi connectivity index (χ1v) is 8.57. The summed E-state index contributed by atoms with van der Waals surface area (Å²) in [6, 6.07) is 10.1. The first kappa shape index (κ1) is 17.4. The van der Waals surface area contributed by atoms with Gasteiger partial charge in [0.1, 0.15) is 11.3 Å². The zero-order valence-corrected chi connectivity index (χ0v) is 15.4. The fourth-order valence-electron chi connectivity index (χ4n) is 2.78. The molecule has 0 unspecified atom stereocenters. The molecule has 0 amide bonds. The van der Waals surface area contributed by atoms with Gasteiger partial charge in [0, 0.05) is 22.0 Å². The second kappa shape index (κ2) is 6.61. The third kappa shape index (κ3) is 3.01. The molecule has 0 aliphatic rings. The maximum atomic E-state index is 12.7. The molecule has 0 aliphatic heterocycles. The average molecular weight is 403 g/mol. The van der Waals surface area contributed by atoms with E-state index in [2.05, 4.69) is 15.1 Å². The Bertz CT molecular complexity index is 1330. The van der Waals surface area contributed by atoms with Crippen LogP contribution in [0.15, 0.2) is 51.1 Å². The minimum Gasteiger partial charge on any atom is -0.497 e. The molecular weight excluding hydrogens is 391 g/mol. The van der Waals surface area contributed by atoms with Crippen molar-refractivity contribution in [1.29, 1.82) is 0 Å². The fraction of sp³-hybridized carbons (Fsp3) is 0.0556. The Hall–Kier alpha value is -3.03. The van der Waals surface area contributed by atoms with Gasteiger partial charge in [0.05, 0.1) is 29.4 Å². The molecule has 0 aliphatic carbocycles. The van der Waals surface area contributed by atoms with Crippen molar-refractivity contribution < 1.29 is 4.74 Å². The lowest BCUT2D eigenvalue weighted by Gasteiger charge is -2.00. The molecule has 0 spiro atoms. The number of H-pyrrole nitrogens is 2. The van der Waals surface area contributed by atoms with E-state index in [-0.39, 0.29) is 5.52 Å². The number of aromatic nitrogens is 3. The number of fused-ring (bicyclic) bond motifs is 3. The molecule has 4 aromatic rings. The van der Waals surface area contributed by atoms with Crippen LogP contribution in [-0.4, -0.2) is 28.0 Å². The van der Waals surface area contributed by atoms with Crippen molar-refractivity contribution >= 4 is 51.4 Å². The van der Waals surface area contributed by atoms with Crippen LogP contribution in [0.4, 0.5) is 0 Å². The van der Waals surface area contributed by atoms with E-state index in [9.17, 15) is 9.59 Å². The molecule has 136 valence electrons. The van der Waals surface area contributed by atoms with E-state index in [1.165, 1.54) is 6.21 Å².